The molecule has 1 aliphatic heterocycles. The van der Waals surface area contributed by atoms with Gasteiger partial charge < -0.3 is 9.64 Å². The van der Waals surface area contributed by atoms with Crippen molar-refractivity contribution < 1.29 is 9.53 Å². The fraction of sp³-hybridized carbons (Fsp3) is 0.917. The van der Waals surface area contributed by atoms with E-state index < -0.39 is 0 Å². The van der Waals surface area contributed by atoms with Crippen LogP contribution < -0.4 is 5.32 Å². The number of ether oxygens (including phenoxy) is 1. The third-order valence-corrected chi connectivity index (χ3v) is 3.29. The fourth-order valence-electron chi connectivity index (χ4n) is 2.28. The molecule has 4 heteroatoms. The first-order chi connectivity index (χ1) is 7.65. The van der Waals surface area contributed by atoms with Crippen molar-refractivity contribution in [3.8, 4) is 0 Å². The lowest BCUT2D eigenvalue weighted by atomic mass is 10.1. The Labute approximate surface area is 98.3 Å². The Bertz CT molecular complexity index is 233. The van der Waals surface area contributed by atoms with Crippen molar-refractivity contribution in [2.45, 2.75) is 58.3 Å². The average Bonchev–Trinajstić information content (AvgIpc) is 2.62. The van der Waals surface area contributed by atoms with Gasteiger partial charge >= 0.3 is 0 Å². The number of rotatable bonds is 6. The summed E-state index contributed by atoms with van der Waals surface area (Å²) >= 11 is 0. The van der Waals surface area contributed by atoms with Crippen molar-refractivity contribution in [2.24, 2.45) is 0 Å². The minimum absolute atomic E-state index is 0.00921. The summed E-state index contributed by atoms with van der Waals surface area (Å²) < 4.78 is 5.07. The van der Waals surface area contributed by atoms with Gasteiger partial charge in [0.2, 0.25) is 5.91 Å². The summed E-state index contributed by atoms with van der Waals surface area (Å²) in [5, 5.41) is 3.38. The number of hydrogen-bond acceptors (Lipinski definition) is 3. The Balaban J connectivity index is 2.64. The van der Waals surface area contributed by atoms with Crippen LogP contribution in [0.3, 0.4) is 0 Å². The van der Waals surface area contributed by atoms with Crippen LogP contribution in [-0.2, 0) is 9.53 Å². The number of methoxy groups -OCH3 is 1. The molecule has 1 amide bonds. The Hall–Kier alpha value is -0.610. The van der Waals surface area contributed by atoms with E-state index >= 15 is 0 Å². The van der Waals surface area contributed by atoms with Gasteiger partial charge in [0.05, 0.1) is 12.2 Å². The molecule has 3 atom stereocenters. The summed E-state index contributed by atoms with van der Waals surface area (Å²) in [4.78, 5) is 14.1. The van der Waals surface area contributed by atoms with Gasteiger partial charge in [0.15, 0.2) is 0 Å². The minimum Gasteiger partial charge on any atom is -0.385 e. The molecule has 1 rings (SSSR count). The molecule has 1 fully saturated rings. The summed E-state index contributed by atoms with van der Waals surface area (Å²) in [5.41, 5.74) is 0. The SMILES string of the molecule is CCC1NC(CC)N(C(C)CCOC)C1=O. The molecule has 0 bridgehead atoms. The van der Waals surface area contributed by atoms with Crippen LogP contribution in [-0.4, -0.2) is 42.8 Å². The first-order valence-corrected chi connectivity index (χ1v) is 6.22. The van der Waals surface area contributed by atoms with Crippen molar-refractivity contribution >= 4 is 5.91 Å². The van der Waals surface area contributed by atoms with Crippen LogP contribution >= 0.6 is 0 Å². The Kier molecular flexibility index (Phi) is 5.22. The summed E-state index contributed by atoms with van der Waals surface area (Å²) in [5.74, 6) is 0.248. The van der Waals surface area contributed by atoms with Gasteiger partial charge in [-0.1, -0.05) is 13.8 Å². The molecule has 1 N–H and O–H groups in total. The van der Waals surface area contributed by atoms with Gasteiger partial charge in [0.25, 0.3) is 0 Å². The maximum absolute atomic E-state index is 12.1. The Morgan fingerprint density at radius 3 is 2.62 bits per heavy atom. The molecule has 0 aliphatic carbocycles. The predicted molar refractivity (Wildman–Crippen MR) is 64.1 cm³/mol. The lowest BCUT2D eigenvalue weighted by Crippen LogP contribution is -2.43. The first-order valence-electron chi connectivity index (χ1n) is 6.22. The fourth-order valence-corrected chi connectivity index (χ4v) is 2.28. The third kappa shape index (κ3) is 2.74. The van der Waals surface area contributed by atoms with E-state index in [0.29, 0.717) is 6.61 Å². The van der Waals surface area contributed by atoms with Gasteiger partial charge in [0.1, 0.15) is 0 Å². The van der Waals surface area contributed by atoms with E-state index in [9.17, 15) is 4.79 Å². The zero-order chi connectivity index (χ0) is 12.1. The van der Waals surface area contributed by atoms with Crippen molar-refractivity contribution in [3.63, 3.8) is 0 Å². The van der Waals surface area contributed by atoms with Gasteiger partial charge in [0, 0.05) is 19.8 Å². The van der Waals surface area contributed by atoms with Gasteiger partial charge in [-0.2, -0.15) is 0 Å². The van der Waals surface area contributed by atoms with Crippen molar-refractivity contribution in [1.82, 2.24) is 10.2 Å². The number of nitrogens with zero attached hydrogens (tertiary/aromatic N) is 1. The molecule has 16 heavy (non-hydrogen) atoms. The van der Waals surface area contributed by atoms with E-state index in [1.54, 1.807) is 7.11 Å². The van der Waals surface area contributed by atoms with Crippen LogP contribution in [0, 0.1) is 0 Å². The van der Waals surface area contributed by atoms with Gasteiger partial charge in [-0.15, -0.1) is 0 Å². The lowest BCUT2D eigenvalue weighted by Gasteiger charge is -2.29. The third-order valence-electron chi connectivity index (χ3n) is 3.29. The average molecular weight is 228 g/mol. The van der Waals surface area contributed by atoms with E-state index in [1.165, 1.54) is 0 Å². The molecule has 0 radical (unpaired) electrons. The van der Waals surface area contributed by atoms with Crippen LogP contribution in [0.15, 0.2) is 0 Å². The molecule has 4 nitrogen and oxygen atoms in total. The maximum Gasteiger partial charge on any atom is 0.241 e. The van der Waals surface area contributed by atoms with Crippen LogP contribution in [0.2, 0.25) is 0 Å². The molecule has 1 aliphatic rings. The molecule has 94 valence electrons. The Morgan fingerprint density at radius 1 is 1.44 bits per heavy atom. The summed E-state index contributed by atoms with van der Waals surface area (Å²) in [7, 11) is 1.70. The second kappa shape index (κ2) is 6.21. The normalized spacial score (nSPS) is 27.5. The largest absolute Gasteiger partial charge is 0.385 e. The Morgan fingerprint density at radius 2 is 2.12 bits per heavy atom. The minimum atomic E-state index is 0.00921. The van der Waals surface area contributed by atoms with Crippen LogP contribution in [0.25, 0.3) is 0 Å². The quantitative estimate of drug-likeness (QED) is 0.746. The second-order valence-corrected chi connectivity index (χ2v) is 4.43. The summed E-state index contributed by atoms with van der Waals surface area (Å²) in [6.07, 6.45) is 2.92. The van der Waals surface area contributed by atoms with Crippen molar-refractivity contribution in [2.75, 3.05) is 13.7 Å². The van der Waals surface area contributed by atoms with Gasteiger partial charge in [-0.05, 0) is 26.2 Å². The van der Waals surface area contributed by atoms with E-state index in [2.05, 4.69) is 19.2 Å². The molecule has 0 aromatic heterocycles. The van der Waals surface area contributed by atoms with E-state index in [-0.39, 0.29) is 24.2 Å². The van der Waals surface area contributed by atoms with Crippen LogP contribution in [0.4, 0.5) is 0 Å². The number of carbonyl (C=O) groups excluding carboxylic acids is 1. The second-order valence-electron chi connectivity index (χ2n) is 4.43. The van der Waals surface area contributed by atoms with Crippen LogP contribution in [0.1, 0.15) is 40.0 Å². The highest BCUT2D eigenvalue weighted by Gasteiger charge is 2.38. The summed E-state index contributed by atoms with van der Waals surface area (Å²) in [6.45, 7) is 6.96. The number of nitrogens with one attached hydrogen (secondary N) is 1. The molecular formula is C12H24N2O2. The lowest BCUT2D eigenvalue weighted by molar-refractivity contribution is -0.132. The van der Waals surface area contributed by atoms with E-state index in [0.717, 1.165) is 19.3 Å². The molecule has 3 unspecified atom stereocenters. The molecule has 0 aromatic carbocycles. The van der Waals surface area contributed by atoms with Crippen LogP contribution in [0.5, 0.6) is 0 Å². The number of amides is 1. The molecule has 1 saturated heterocycles. The monoisotopic (exact) mass is 228 g/mol. The highest BCUT2D eigenvalue weighted by Crippen LogP contribution is 2.20. The maximum atomic E-state index is 12.1. The topological polar surface area (TPSA) is 41.6 Å². The highest BCUT2D eigenvalue weighted by atomic mass is 16.5. The first kappa shape index (κ1) is 13.5. The molecule has 0 saturated carbocycles. The zero-order valence-corrected chi connectivity index (χ0v) is 10.8. The number of carbonyl (C=O) groups is 1. The van der Waals surface area contributed by atoms with E-state index in [4.69, 9.17) is 4.74 Å². The smallest absolute Gasteiger partial charge is 0.241 e. The molecular weight excluding hydrogens is 204 g/mol. The predicted octanol–water partition coefficient (Wildman–Crippen LogP) is 1.36. The van der Waals surface area contributed by atoms with Gasteiger partial charge in [-0.25, -0.2) is 0 Å². The summed E-state index contributed by atoms with van der Waals surface area (Å²) in [6, 6.07) is 0.261. The van der Waals surface area contributed by atoms with Crippen molar-refractivity contribution in [3.05, 3.63) is 0 Å². The molecule has 0 aromatic rings. The zero-order valence-electron chi connectivity index (χ0n) is 10.8. The standard InChI is InChI=1S/C12H24N2O2/c1-5-10-12(15)14(11(6-2)13-10)9(3)7-8-16-4/h9-11,13H,5-8H2,1-4H3. The van der Waals surface area contributed by atoms with Crippen molar-refractivity contribution in [1.29, 1.82) is 0 Å². The van der Waals surface area contributed by atoms with E-state index in [1.807, 2.05) is 11.8 Å². The molecule has 0 spiro atoms. The molecule has 1 heterocycles. The highest BCUT2D eigenvalue weighted by molar-refractivity contribution is 5.84. The van der Waals surface area contributed by atoms with Gasteiger partial charge in [-0.3, -0.25) is 10.1 Å². The number of hydrogen-bond donors (Lipinski definition) is 1.